The van der Waals surface area contributed by atoms with Crippen molar-refractivity contribution in [2.75, 3.05) is 19.8 Å². The van der Waals surface area contributed by atoms with Crippen LogP contribution in [-0.4, -0.2) is 31.6 Å². The van der Waals surface area contributed by atoms with Gasteiger partial charge in [-0.25, -0.2) is 0 Å². The average Bonchev–Trinajstić information content (AvgIpc) is 2.45. The van der Waals surface area contributed by atoms with E-state index in [1.165, 1.54) is 0 Å². The van der Waals surface area contributed by atoms with E-state index in [9.17, 15) is 9.59 Å². The monoisotopic (exact) mass is 264 g/mol. The van der Waals surface area contributed by atoms with Gasteiger partial charge in [-0.15, -0.1) is 0 Å². The van der Waals surface area contributed by atoms with Gasteiger partial charge in [0.25, 0.3) is 0 Å². The predicted molar refractivity (Wildman–Crippen MR) is 72.4 cm³/mol. The van der Waals surface area contributed by atoms with E-state index < -0.39 is 11.8 Å². The zero-order valence-corrected chi connectivity index (χ0v) is 11.1. The maximum absolute atomic E-state index is 11.5. The molecule has 0 fully saturated rings. The van der Waals surface area contributed by atoms with Crippen LogP contribution in [0.4, 0.5) is 0 Å². The Bertz CT molecular complexity index is 393. The molecule has 1 aromatic carbocycles. The van der Waals surface area contributed by atoms with Crippen LogP contribution >= 0.6 is 0 Å². The third-order valence-electron chi connectivity index (χ3n) is 2.46. The van der Waals surface area contributed by atoms with Crippen molar-refractivity contribution in [1.29, 1.82) is 0 Å². The molecule has 0 saturated heterocycles. The van der Waals surface area contributed by atoms with Gasteiger partial charge < -0.3 is 15.4 Å². The maximum Gasteiger partial charge on any atom is 0.309 e. The Morgan fingerprint density at radius 3 is 2.47 bits per heavy atom. The predicted octanol–water partition coefficient (Wildman–Crippen LogP) is 0.846. The molecular weight excluding hydrogens is 244 g/mol. The van der Waals surface area contributed by atoms with Gasteiger partial charge in [-0.3, -0.25) is 9.59 Å². The van der Waals surface area contributed by atoms with Crippen LogP contribution in [-0.2, 0) is 20.9 Å². The molecule has 0 aliphatic heterocycles. The molecule has 2 N–H and O–H groups in total. The van der Waals surface area contributed by atoms with Crippen LogP contribution in [0.3, 0.4) is 0 Å². The highest BCUT2D eigenvalue weighted by molar-refractivity contribution is 6.35. The first kappa shape index (κ1) is 15.2. The fourth-order valence-electron chi connectivity index (χ4n) is 1.46. The van der Waals surface area contributed by atoms with Gasteiger partial charge in [-0.2, -0.15) is 0 Å². The second kappa shape index (κ2) is 9.10. The molecule has 0 aliphatic carbocycles. The maximum atomic E-state index is 11.5. The molecule has 5 nitrogen and oxygen atoms in total. The summed E-state index contributed by atoms with van der Waals surface area (Å²) in [6.45, 7) is 3.95. The summed E-state index contributed by atoms with van der Waals surface area (Å²) in [6.07, 6.45) is 0.700. The summed E-state index contributed by atoms with van der Waals surface area (Å²) in [5.74, 6) is -1.22. The van der Waals surface area contributed by atoms with Crippen molar-refractivity contribution in [3.63, 3.8) is 0 Å². The molecule has 0 spiro atoms. The second-order valence-electron chi connectivity index (χ2n) is 3.97. The zero-order chi connectivity index (χ0) is 13.9. The van der Waals surface area contributed by atoms with Crippen LogP contribution in [0.15, 0.2) is 30.3 Å². The van der Waals surface area contributed by atoms with E-state index >= 15 is 0 Å². The summed E-state index contributed by atoms with van der Waals surface area (Å²) < 4.78 is 5.13. The SMILES string of the molecule is CCOCCCNC(=O)C(=O)NCc1ccccc1. The number of carbonyl (C=O) groups is 2. The number of ether oxygens (including phenoxy) is 1. The van der Waals surface area contributed by atoms with Crippen LogP contribution < -0.4 is 10.6 Å². The first-order chi connectivity index (χ1) is 9.24. The highest BCUT2D eigenvalue weighted by Gasteiger charge is 2.11. The van der Waals surface area contributed by atoms with Crippen LogP contribution in [0.5, 0.6) is 0 Å². The van der Waals surface area contributed by atoms with Gasteiger partial charge in [-0.05, 0) is 18.9 Å². The lowest BCUT2D eigenvalue weighted by Gasteiger charge is -2.06. The van der Waals surface area contributed by atoms with Crippen molar-refractivity contribution < 1.29 is 14.3 Å². The number of hydrogen-bond acceptors (Lipinski definition) is 3. The Labute approximate surface area is 113 Å². The standard InChI is InChI=1S/C14H20N2O3/c1-2-19-10-6-9-15-13(17)14(18)16-11-12-7-4-3-5-8-12/h3-5,7-8H,2,6,9-11H2,1H3,(H,15,17)(H,16,18). The molecular formula is C14H20N2O3. The van der Waals surface area contributed by atoms with E-state index in [-0.39, 0.29) is 0 Å². The molecule has 104 valence electrons. The minimum atomic E-state index is -0.611. The second-order valence-corrected chi connectivity index (χ2v) is 3.97. The van der Waals surface area contributed by atoms with Crippen molar-refractivity contribution in [2.45, 2.75) is 19.9 Å². The summed E-state index contributed by atoms with van der Waals surface area (Å²) in [7, 11) is 0. The molecule has 1 aromatic rings. The largest absolute Gasteiger partial charge is 0.382 e. The van der Waals surface area contributed by atoms with Crippen molar-refractivity contribution in [3.8, 4) is 0 Å². The summed E-state index contributed by atoms with van der Waals surface area (Å²) in [5.41, 5.74) is 0.958. The third kappa shape index (κ3) is 6.57. The number of rotatable bonds is 7. The van der Waals surface area contributed by atoms with Gasteiger partial charge in [0, 0.05) is 26.3 Å². The van der Waals surface area contributed by atoms with Crippen LogP contribution in [0.1, 0.15) is 18.9 Å². The Morgan fingerprint density at radius 2 is 1.79 bits per heavy atom. The lowest BCUT2D eigenvalue weighted by Crippen LogP contribution is -2.40. The molecule has 0 radical (unpaired) electrons. The molecule has 0 aliphatic rings. The van der Waals surface area contributed by atoms with Gasteiger partial charge in [0.1, 0.15) is 0 Å². The van der Waals surface area contributed by atoms with E-state index in [4.69, 9.17) is 4.74 Å². The quantitative estimate of drug-likeness (QED) is 0.566. The van der Waals surface area contributed by atoms with E-state index in [1.54, 1.807) is 0 Å². The van der Waals surface area contributed by atoms with Crippen molar-refractivity contribution in [1.82, 2.24) is 10.6 Å². The number of carbonyl (C=O) groups excluding carboxylic acids is 2. The van der Waals surface area contributed by atoms with Gasteiger partial charge >= 0.3 is 11.8 Å². The van der Waals surface area contributed by atoms with Crippen LogP contribution in [0.25, 0.3) is 0 Å². The fourth-order valence-corrected chi connectivity index (χ4v) is 1.46. The lowest BCUT2D eigenvalue weighted by atomic mass is 10.2. The Morgan fingerprint density at radius 1 is 1.11 bits per heavy atom. The van der Waals surface area contributed by atoms with Gasteiger partial charge in [0.15, 0.2) is 0 Å². The Kier molecular flexibility index (Phi) is 7.27. The fraction of sp³-hybridized carbons (Fsp3) is 0.429. The molecule has 0 saturated carbocycles. The van der Waals surface area contributed by atoms with E-state index in [1.807, 2.05) is 37.3 Å². The van der Waals surface area contributed by atoms with Crippen LogP contribution in [0, 0.1) is 0 Å². The average molecular weight is 264 g/mol. The molecule has 0 bridgehead atoms. The van der Waals surface area contributed by atoms with Crippen molar-refractivity contribution in [2.24, 2.45) is 0 Å². The highest BCUT2D eigenvalue weighted by atomic mass is 16.5. The first-order valence-electron chi connectivity index (χ1n) is 6.41. The summed E-state index contributed by atoms with van der Waals surface area (Å²) >= 11 is 0. The summed E-state index contributed by atoms with van der Waals surface area (Å²) in [5, 5.41) is 5.12. The summed E-state index contributed by atoms with van der Waals surface area (Å²) in [4.78, 5) is 22.9. The van der Waals surface area contributed by atoms with Gasteiger partial charge in [0.05, 0.1) is 0 Å². The number of nitrogens with one attached hydrogen (secondary N) is 2. The lowest BCUT2D eigenvalue weighted by molar-refractivity contribution is -0.139. The minimum Gasteiger partial charge on any atom is -0.382 e. The summed E-state index contributed by atoms with van der Waals surface area (Å²) in [6, 6.07) is 9.45. The zero-order valence-electron chi connectivity index (χ0n) is 11.1. The molecule has 0 unspecified atom stereocenters. The molecule has 2 amide bonds. The van der Waals surface area contributed by atoms with Crippen molar-refractivity contribution >= 4 is 11.8 Å². The smallest absolute Gasteiger partial charge is 0.309 e. The van der Waals surface area contributed by atoms with Gasteiger partial charge in [-0.1, -0.05) is 30.3 Å². The van der Waals surface area contributed by atoms with E-state index in [2.05, 4.69) is 10.6 Å². The van der Waals surface area contributed by atoms with Crippen LogP contribution in [0.2, 0.25) is 0 Å². The van der Waals surface area contributed by atoms with Crippen molar-refractivity contribution in [3.05, 3.63) is 35.9 Å². The normalized spacial score (nSPS) is 9.95. The Balaban J connectivity index is 2.16. The highest BCUT2D eigenvalue weighted by Crippen LogP contribution is 1.96. The third-order valence-corrected chi connectivity index (χ3v) is 2.46. The molecule has 19 heavy (non-hydrogen) atoms. The molecule has 1 rings (SSSR count). The molecule has 0 heterocycles. The number of hydrogen-bond donors (Lipinski definition) is 2. The molecule has 0 atom stereocenters. The van der Waals surface area contributed by atoms with Gasteiger partial charge in [0.2, 0.25) is 0 Å². The topological polar surface area (TPSA) is 67.4 Å². The minimum absolute atomic E-state index is 0.353. The molecule has 0 aromatic heterocycles. The number of amides is 2. The number of benzene rings is 1. The van der Waals surface area contributed by atoms with E-state index in [0.29, 0.717) is 32.7 Å². The molecule has 5 heteroatoms. The Hall–Kier alpha value is -1.88. The van der Waals surface area contributed by atoms with E-state index in [0.717, 1.165) is 5.56 Å². The first-order valence-corrected chi connectivity index (χ1v) is 6.41.